The first-order valence-electron chi connectivity index (χ1n) is 9.13. The summed E-state index contributed by atoms with van der Waals surface area (Å²) < 4.78 is 0. The molecule has 0 aromatic heterocycles. The van der Waals surface area contributed by atoms with E-state index in [-0.39, 0.29) is 11.2 Å². The molecule has 1 aromatic rings. The van der Waals surface area contributed by atoms with Crippen LogP contribution in [0.2, 0.25) is 10.0 Å². The molecule has 142 valence electrons. The van der Waals surface area contributed by atoms with Crippen molar-refractivity contribution in [3.8, 4) is 0 Å². The third kappa shape index (κ3) is 8.34. The fraction of sp³-hybridized carbons (Fsp3) is 0.650. The minimum atomic E-state index is 0.115. The smallest absolute Gasteiger partial charge is 0.138 e. The highest BCUT2D eigenvalue weighted by Crippen LogP contribution is 2.36. The fourth-order valence-electron chi connectivity index (χ4n) is 2.97. The third-order valence-corrected chi connectivity index (χ3v) is 6.18. The van der Waals surface area contributed by atoms with Gasteiger partial charge < -0.3 is 4.90 Å². The monoisotopic (exact) mass is 403 g/mol. The summed E-state index contributed by atoms with van der Waals surface area (Å²) in [4.78, 5) is 15.1. The van der Waals surface area contributed by atoms with Gasteiger partial charge in [-0.1, -0.05) is 62.4 Å². The number of carbonyl (C=O) groups is 1. The van der Waals surface area contributed by atoms with Gasteiger partial charge in [-0.25, -0.2) is 0 Å². The lowest BCUT2D eigenvalue weighted by Crippen LogP contribution is -2.28. The van der Waals surface area contributed by atoms with Crippen molar-refractivity contribution in [1.29, 1.82) is 0 Å². The molecular weight excluding hydrogens is 373 g/mol. The molecule has 1 rings (SSSR count). The number of benzene rings is 1. The van der Waals surface area contributed by atoms with Crippen LogP contribution < -0.4 is 0 Å². The molecule has 0 aliphatic heterocycles. The molecule has 2 nitrogen and oxygen atoms in total. The van der Waals surface area contributed by atoms with E-state index in [1.807, 2.05) is 32.3 Å². The molecule has 0 saturated heterocycles. The molecule has 1 aromatic carbocycles. The van der Waals surface area contributed by atoms with Crippen molar-refractivity contribution >= 4 is 40.7 Å². The van der Waals surface area contributed by atoms with Gasteiger partial charge in [-0.3, -0.25) is 4.79 Å². The largest absolute Gasteiger partial charge is 0.309 e. The second-order valence-corrected chi connectivity index (χ2v) is 9.04. The molecule has 0 saturated carbocycles. The van der Waals surface area contributed by atoms with Crippen LogP contribution in [0.4, 0.5) is 0 Å². The zero-order valence-corrected chi connectivity index (χ0v) is 18.2. The zero-order chi connectivity index (χ0) is 18.8. The molecule has 0 amide bonds. The van der Waals surface area contributed by atoms with Crippen molar-refractivity contribution in [3.63, 3.8) is 0 Å². The van der Waals surface area contributed by atoms with Gasteiger partial charge in [0.15, 0.2) is 0 Å². The molecule has 5 heteroatoms. The number of hydrogen-bond donors (Lipinski definition) is 0. The first-order chi connectivity index (χ1) is 11.9. The molecular formula is C20H31Cl2NOS. The van der Waals surface area contributed by atoms with Gasteiger partial charge in [0, 0.05) is 24.1 Å². The lowest BCUT2D eigenvalue weighted by Gasteiger charge is -2.23. The van der Waals surface area contributed by atoms with Crippen molar-refractivity contribution in [2.24, 2.45) is 5.92 Å². The average Bonchev–Trinajstić information content (AvgIpc) is 2.56. The summed E-state index contributed by atoms with van der Waals surface area (Å²) >= 11 is 14.0. The van der Waals surface area contributed by atoms with Crippen LogP contribution >= 0.6 is 35.0 Å². The van der Waals surface area contributed by atoms with Gasteiger partial charge in [-0.05, 0) is 44.0 Å². The molecule has 0 radical (unpaired) electrons. The number of hydrogen-bond acceptors (Lipinski definition) is 3. The number of Topliss-reactive ketones (excluding diaryl/α,β-unsaturated/α-hetero) is 1. The van der Waals surface area contributed by atoms with E-state index in [4.69, 9.17) is 23.2 Å². The Morgan fingerprint density at radius 2 is 1.88 bits per heavy atom. The topological polar surface area (TPSA) is 20.3 Å². The number of ketones is 1. The Morgan fingerprint density at radius 3 is 2.44 bits per heavy atom. The van der Waals surface area contributed by atoms with Gasteiger partial charge in [-0.2, -0.15) is 11.8 Å². The van der Waals surface area contributed by atoms with E-state index in [9.17, 15) is 4.79 Å². The van der Waals surface area contributed by atoms with Crippen molar-refractivity contribution in [1.82, 2.24) is 4.90 Å². The maximum absolute atomic E-state index is 13.0. The molecule has 0 heterocycles. The van der Waals surface area contributed by atoms with E-state index < -0.39 is 0 Å². The van der Waals surface area contributed by atoms with E-state index in [0.29, 0.717) is 22.2 Å². The SMILES string of the molecule is CCCCC[C@H](CN(C)C)C(=O)C[C@@H](SCC)c1ccc(Cl)c(Cl)c1. The van der Waals surface area contributed by atoms with Gasteiger partial charge >= 0.3 is 0 Å². The second kappa shape index (κ2) is 12.2. The lowest BCUT2D eigenvalue weighted by molar-refractivity contribution is -0.123. The quantitative estimate of drug-likeness (QED) is 0.371. The summed E-state index contributed by atoms with van der Waals surface area (Å²) in [6, 6.07) is 5.72. The Balaban J connectivity index is 2.84. The fourth-order valence-corrected chi connectivity index (χ4v) is 4.30. The zero-order valence-electron chi connectivity index (χ0n) is 15.9. The number of halogens is 2. The summed E-state index contributed by atoms with van der Waals surface area (Å²) in [7, 11) is 4.08. The Morgan fingerprint density at radius 1 is 1.16 bits per heavy atom. The summed E-state index contributed by atoms with van der Waals surface area (Å²) in [6.07, 6.45) is 5.04. The molecule has 0 bridgehead atoms. The van der Waals surface area contributed by atoms with Crippen LogP contribution in [-0.4, -0.2) is 37.1 Å². The van der Waals surface area contributed by atoms with Gasteiger partial charge in [-0.15, -0.1) is 0 Å². The van der Waals surface area contributed by atoms with E-state index in [1.54, 1.807) is 11.8 Å². The van der Waals surface area contributed by atoms with Gasteiger partial charge in [0.2, 0.25) is 0 Å². The highest BCUT2D eigenvalue weighted by atomic mass is 35.5. The Hall–Kier alpha value is -0.220. The predicted molar refractivity (Wildman–Crippen MR) is 113 cm³/mol. The Bertz CT molecular complexity index is 536. The molecule has 25 heavy (non-hydrogen) atoms. The summed E-state index contributed by atoms with van der Waals surface area (Å²) in [5.74, 6) is 1.44. The third-order valence-electron chi connectivity index (χ3n) is 4.27. The first-order valence-corrected chi connectivity index (χ1v) is 10.9. The van der Waals surface area contributed by atoms with Crippen LogP contribution in [0.25, 0.3) is 0 Å². The van der Waals surface area contributed by atoms with Crippen LogP contribution in [0.3, 0.4) is 0 Å². The van der Waals surface area contributed by atoms with Crippen molar-refractivity contribution < 1.29 is 4.79 Å². The molecule has 0 spiro atoms. The molecule has 0 aliphatic rings. The maximum atomic E-state index is 13.0. The number of rotatable bonds is 12. The molecule has 0 aliphatic carbocycles. The van der Waals surface area contributed by atoms with Crippen molar-refractivity contribution in [2.45, 2.75) is 51.2 Å². The number of carbonyl (C=O) groups excluding carboxylic acids is 1. The lowest BCUT2D eigenvalue weighted by atomic mass is 9.92. The number of thioether (sulfide) groups is 1. The Kier molecular flexibility index (Phi) is 11.2. The van der Waals surface area contributed by atoms with E-state index in [0.717, 1.165) is 30.7 Å². The van der Waals surface area contributed by atoms with Crippen molar-refractivity contribution in [3.05, 3.63) is 33.8 Å². The maximum Gasteiger partial charge on any atom is 0.138 e. The second-order valence-electron chi connectivity index (χ2n) is 6.74. The highest BCUT2D eigenvalue weighted by Gasteiger charge is 2.24. The van der Waals surface area contributed by atoms with Crippen LogP contribution in [0, 0.1) is 5.92 Å². The van der Waals surface area contributed by atoms with Crippen LogP contribution in [0.5, 0.6) is 0 Å². The van der Waals surface area contributed by atoms with Gasteiger partial charge in [0.25, 0.3) is 0 Å². The normalized spacial score (nSPS) is 13.9. The first kappa shape index (κ1) is 22.8. The summed E-state index contributed by atoms with van der Waals surface area (Å²) in [5, 5.41) is 1.26. The van der Waals surface area contributed by atoms with Crippen LogP contribution in [-0.2, 0) is 4.79 Å². The molecule has 0 unspecified atom stereocenters. The van der Waals surface area contributed by atoms with Crippen molar-refractivity contribution in [2.75, 3.05) is 26.4 Å². The summed E-state index contributed by atoms with van der Waals surface area (Å²) in [6.45, 7) is 5.15. The van der Waals surface area contributed by atoms with E-state index in [2.05, 4.69) is 18.7 Å². The minimum absolute atomic E-state index is 0.115. The molecule has 0 N–H and O–H groups in total. The molecule has 2 atom stereocenters. The van der Waals surface area contributed by atoms with E-state index >= 15 is 0 Å². The summed E-state index contributed by atoms with van der Waals surface area (Å²) in [5.41, 5.74) is 1.09. The minimum Gasteiger partial charge on any atom is -0.309 e. The van der Waals surface area contributed by atoms with Gasteiger partial charge in [0.05, 0.1) is 10.0 Å². The Labute approximate surface area is 167 Å². The van der Waals surface area contributed by atoms with E-state index in [1.165, 1.54) is 12.8 Å². The van der Waals surface area contributed by atoms with Gasteiger partial charge in [0.1, 0.15) is 5.78 Å². The average molecular weight is 404 g/mol. The number of nitrogens with zero attached hydrogens (tertiary/aromatic N) is 1. The standard InChI is InChI=1S/C20H31Cl2NOS/c1-5-7-8-9-16(14-23(3)4)19(24)13-20(25-6-2)15-10-11-17(21)18(22)12-15/h10-12,16,20H,5-9,13-14H2,1-4H3/t16-,20-/m1/s1. The van der Waals surface area contributed by atoms with Crippen LogP contribution in [0.15, 0.2) is 18.2 Å². The highest BCUT2D eigenvalue weighted by molar-refractivity contribution is 7.99. The number of unbranched alkanes of at least 4 members (excludes halogenated alkanes) is 2. The molecule has 0 fully saturated rings. The predicted octanol–water partition coefficient (Wildman–Crippen LogP) is 6.50. The van der Waals surface area contributed by atoms with Crippen LogP contribution in [0.1, 0.15) is 56.8 Å².